The number of benzene rings is 1. The van der Waals surface area contributed by atoms with Crippen LogP contribution in [0.15, 0.2) is 53.7 Å². The predicted molar refractivity (Wildman–Crippen MR) is 120 cm³/mol. The molecule has 11 nitrogen and oxygen atoms in total. The van der Waals surface area contributed by atoms with Crippen LogP contribution in [0.4, 0.5) is 5.95 Å². The van der Waals surface area contributed by atoms with Gasteiger partial charge in [0.15, 0.2) is 10.5 Å². The maximum Gasteiger partial charge on any atom is 0.271 e. The van der Waals surface area contributed by atoms with E-state index in [0.717, 1.165) is 5.56 Å². The maximum absolute atomic E-state index is 13.3. The van der Waals surface area contributed by atoms with Gasteiger partial charge in [-0.1, -0.05) is 6.07 Å². The van der Waals surface area contributed by atoms with Crippen LogP contribution in [0.3, 0.4) is 0 Å². The van der Waals surface area contributed by atoms with Crippen LogP contribution in [-0.2, 0) is 16.6 Å². The normalized spacial score (nSPS) is 11.7. The zero-order chi connectivity index (χ0) is 23.6. The van der Waals surface area contributed by atoms with Gasteiger partial charge in [0, 0.05) is 18.5 Å². The molecule has 0 saturated carbocycles. The lowest BCUT2D eigenvalue weighted by molar-refractivity contribution is 0.230. The van der Waals surface area contributed by atoms with Gasteiger partial charge in [-0.2, -0.15) is 5.10 Å². The van der Waals surface area contributed by atoms with Crippen LogP contribution in [-0.4, -0.2) is 53.1 Å². The first-order chi connectivity index (χ1) is 15.8. The van der Waals surface area contributed by atoms with Crippen LogP contribution in [0.25, 0.3) is 5.65 Å². The number of pyridine rings is 1. The molecule has 174 valence electrons. The molecule has 0 aliphatic rings. The number of aromatic nitrogens is 5. The molecule has 0 fully saturated rings. The van der Waals surface area contributed by atoms with Crippen LogP contribution in [0.5, 0.6) is 17.4 Å². The Morgan fingerprint density at radius 1 is 1.06 bits per heavy atom. The van der Waals surface area contributed by atoms with Gasteiger partial charge in [0.2, 0.25) is 11.8 Å². The number of hydrogen-bond donors (Lipinski definition) is 1. The van der Waals surface area contributed by atoms with Crippen LogP contribution in [0.1, 0.15) is 19.4 Å². The zero-order valence-corrected chi connectivity index (χ0v) is 19.4. The highest BCUT2D eigenvalue weighted by atomic mass is 32.2. The van der Waals surface area contributed by atoms with Crippen molar-refractivity contribution in [1.29, 1.82) is 0 Å². The minimum Gasteiger partial charge on any atom is -0.495 e. The lowest BCUT2D eigenvalue weighted by Crippen LogP contribution is -2.18. The Morgan fingerprint density at radius 3 is 2.39 bits per heavy atom. The summed E-state index contributed by atoms with van der Waals surface area (Å²) in [6, 6.07) is 10.1. The summed E-state index contributed by atoms with van der Waals surface area (Å²) in [5.41, 5.74) is 1.29. The van der Waals surface area contributed by atoms with E-state index in [1.165, 1.54) is 30.8 Å². The Kier molecular flexibility index (Phi) is 6.09. The molecule has 4 rings (SSSR count). The third-order valence-electron chi connectivity index (χ3n) is 4.67. The number of fused-ring (bicyclic) bond motifs is 1. The Hall–Kier alpha value is -3.80. The molecule has 0 radical (unpaired) electrons. The molecule has 0 aliphatic heterocycles. The second kappa shape index (κ2) is 8.98. The topological polar surface area (TPSA) is 122 Å². The number of anilines is 1. The number of sulfonamides is 1. The van der Waals surface area contributed by atoms with Gasteiger partial charge < -0.3 is 14.2 Å². The fraction of sp³-hybridized carbons (Fsp3) is 0.286. The summed E-state index contributed by atoms with van der Waals surface area (Å²) in [6.45, 7) is 4.24. The Morgan fingerprint density at radius 2 is 1.79 bits per heavy atom. The molecule has 0 amide bonds. The highest BCUT2D eigenvalue weighted by Gasteiger charge is 2.27. The predicted octanol–water partition coefficient (Wildman–Crippen LogP) is 2.58. The second-order valence-corrected chi connectivity index (χ2v) is 9.01. The molecule has 0 aliphatic carbocycles. The number of nitrogens with one attached hydrogen (secondary N) is 1. The molecule has 1 aromatic carbocycles. The molecular weight excluding hydrogens is 448 g/mol. The summed E-state index contributed by atoms with van der Waals surface area (Å²) < 4.78 is 48.8. The van der Waals surface area contributed by atoms with Crippen molar-refractivity contribution in [2.75, 3.05) is 18.9 Å². The number of methoxy groups -OCH3 is 2. The van der Waals surface area contributed by atoms with Crippen molar-refractivity contribution in [1.82, 2.24) is 24.4 Å². The Bertz CT molecular complexity index is 1340. The zero-order valence-electron chi connectivity index (χ0n) is 18.6. The lowest BCUT2D eigenvalue weighted by Gasteiger charge is -2.16. The van der Waals surface area contributed by atoms with E-state index in [9.17, 15) is 8.42 Å². The maximum atomic E-state index is 13.3. The van der Waals surface area contributed by atoms with Gasteiger partial charge in [0.1, 0.15) is 11.5 Å². The lowest BCUT2D eigenvalue weighted by atomic mass is 10.2. The van der Waals surface area contributed by atoms with Crippen molar-refractivity contribution in [2.45, 2.75) is 31.4 Å². The van der Waals surface area contributed by atoms with E-state index in [1.54, 1.807) is 29.1 Å². The molecule has 1 N–H and O–H groups in total. The summed E-state index contributed by atoms with van der Waals surface area (Å²) in [7, 11) is -1.38. The van der Waals surface area contributed by atoms with Gasteiger partial charge in [-0.25, -0.2) is 17.5 Å². The first kappa shape index (κ1) is 22.4. The fourth-order valence-corrected chi connectivity index (χ4v) is 4.66. The van der Waals surface area contributed by atoms with Crippen molar-refractivity contribution in [2.24, 2.45) is 0 Å². The smallest absolute Gasteiger partial charge is 0.271 e. The molecule has 33 heavy (non-hydrogen) atoms. The van der Waals surface area contributed by atoms with Gasteiger partial charge in [0.05, 0.1) is 26.9 Å². The quantitative estimate of drug-likeness (QED) is 0.394. The first-order valence-corrected chi connectivity index (χ1v) is 11.6. The van der Waals surface area contributed by atoms with Crippen molar-refractivity contribution in [3.8, 4) is 17.4 Å². The molecular formula is C21H24N6O5S. The van der Waals surface area contributed by atoms with Crippen LogP contribution in [0.2, 0.25) is 0 Å². The van der Waals surface area contributed by atoms with E-state index in [2.05, 4.69) is 20.0 Å². The van der Waals surface area contributed by atoms with Crippen LogP contribution >= 0.6 is 0 Å². The summed E-state index contributed by atoms with van der Waals surface area (Å²) in [5, 5.41) is 12.4. The van der Waals surface area contributed by atoms with Crippen LogP contribution < -0.4 is 18.9 Å². The highest BCUT2D eigenvalue weighted by molar-refractivity contribution is 7.93. The average Bonchev–Trinajstić information content (AvgIpc) is 3.42. The molecule has 0 bridgehead atoms. The number of hydrogen-bond acceptors (Lipinski definition) is 8. The van der Waals surface area contributed by atoms with E-state index >= 15 is 0 Å². The molecule has 12 heteroatoms. The van der Waals surface area contributed by atoms with Crippen molar-refractivity contribution in [3.63, 3.8) is 0 Å². The Balaban J connectivity index is 1.79. The van der Waals surface area contributed by atoms with Crippen molar-refractivity contribution >= 4 is 21.6 Å². The van der Waals surface area contributed by atoms with E-state index in [-0.39, 0.29) is 28.4 Å². The molecule has 3 aromatic heterocycles. The van der Waals surface area contributed by atoms with E-state index in [1.807, 2.05) is 26.1 Å². The van der Waals surface area contributed by atoms with E-state index in [4.69, 9.17) is 14.2 Å². The molecule has 3 heterocycles. The molecule has 0 atom stereocenters. The fourth-order valence-electron chi connectivity index (χ4n) is 3.36. The monoisotopic (exact) mass is 472 g/mol. The third kappa shape index (κ3) is 4.55. The number of rotatable bonds is 9. The van der Waals surface area contributed by atoms with Gasteiger partial charge in [0.25, 0.3) is 10.0 Å². The highest BCUT2D eigenvalue weighted by Crippen LogP contribution is 2.34. The number of ether oxygens (including phenoxy) is 3. The minimum atomic E-state index is -4.15. The summed E-state index contributed by atoms with van der Waals surface area (Å²) in [4.78, 5) is -0.145. The summed E-state index contributed by atoms with van der Waals surface area (Å²) >= 11 is 0. The number of nitrogens with zero attached hydrogens (tertiary/aromatic N) is 5. The average molecular weight is 473 g/mol. The molecule has 4 aromatic rings. The van der Waals surface area contributed by atoms with Gasteiger partial charge >= 0.3 is 0 Å². The summed E-state index contributed by atoms with van der Waals surface area (Å²) in [6.07, 6.45) is 3.37. The van der Waals surface area contributed by atoms with Crippen LogP contribution in [0, 0.1) is 0 Å². The van der Waals surface area contributed by atoms with E-state index < -0.39 is 10.0 Å². The summed E-state index contributed by atoms with van der Waals surface area (Å²) in [5.74, 6) is 0.630. The standard InChI is InChI=1S/C21H24N6O5S/c1-14(2)32-19-12-15(13-26-10-6-9-22-26)11-18-23-24-21(27(18)19)25-33(28,29)20-16(30-3)7-5-8-17(20)31-4/h5-12,14H,13H2,1-4H3,(H,24,25). The minimum absolute atomic E-state index is 0.0285. The molecule has 0 spiro atoms. The first-order valence-electron chi connectivity index (χ1n) is 10.1. The molecule has 0 unspecified atom stereocenters. The molecule has 0 saturated heterocycles. The van der Waals surface area contributed by atoms with E-state index in [0.29, 0.717) is 18.1 Å². The largest absolute Gasteiger partial charge is 0.495 e. The van der Waals surface area contributed by atoms with Crippen molar-refractivity contribution < 1.29 is 22.6 Å². The van der Waals surface area contributed by atoms with Gasteiger partial charge in [-0.05, 0) is 43.7 Å². The van der Waals surface area contributed by atoms with Gasteiger partial charge in [-0.3, -0.25) is 4.68 Å². The SMILES string of the molecule is COc1cccc(OC)c1S(=O)(=O)Nc1nnc2cc(Cn3cccn3)cc(OC(C)C)n12. The van der Waals surface area contributed by atoms with Crippen molar-refractivity contribution in [3.05, 3.63) is 54.4 Å². The second-order valence-electron chi connectivity index (χ2n) is 7.39. The third-order valence-corrected chi connectivity index (χ3v) is 6.06. The van der Waals surface area contributed by atoms with Gasteiger partial charge in [-0.15, -0.1) is 10.2 Å². The Labute approximate surface area is 191 Å².